The molecule has 1 aromatic carbocycles. The molecule has 0 atom stereocenters. The number of benzene rings is 1. The number of thioether (sulfide) groups is 1. The van der Waals surface area contributed by atoms with Crippen LogP contribution in [0, 0.1) is 6.92 Å². The van der Waals surface area contributed by atoms with Crippen LogP contribution in [0.1, 0.15) is 50.2 Å². The average molecular weight is 234 g/mol. The summed E-state index contributed by atoms with van der Waals surface area (Å²) in [6.45, 7) is 4.52. The Hall–Kier alpha value is -0.430. The first kappa shape index (κ1) is 12.0. The Kier molecular flexibility index (Phi) is 4.34. The third kappa shape index (κ3) is 2.82. The molecule has 0 N–H and O–H groups in total. The summed E-state index contributed by atoms with van der Waals surface area (Å²) < 4.78 is 0. The zero-order valence-electron chi connectivity index (χ0n) is 10.5. The van der Waals surface area contributed by atoms with Gasteiger partial charge in [-0.15, -0.1) is 11.8 Å². The van der Waals surface area contributed by atoms with Crippen LogP contribution in [-0.4, -0.2) is 5.25 Å². The standard InChI is InChI=1S/C15H22S/c1-3-13-9-7-8-12(2)15(13)16-14-10-5-4-6-11-14/h7-9,14H,3-6,10-11H2,1-2H3. The lowest BCUT2D eigenvalue weighted by Crippen LogP contribution is -2.08. The van der Waals surface area contributed by atoms with Gasteiger partial charge in [-0.3, -0.25) is 0 Å². The Morgan fingerprint density at radius 1 is 1.19 bits per heavy atom. The van der Waals surface area contributed by atoms with Crippen molar-refractivity contribution in [1.82, 2.24) is 0 Å². The molecule has 0 saturated heterocycles. The van der Waals surface area contributed by atoms with Gasteiger partial charge in [0.05, 0.1) is 0 Å². The second-order valence-corrected chi connectivity index (χ2v) is 6.11. The number of rotatable bonds is 3. The minimum Gasteiger partial charge on any atom is -0.122 e. The van der Waals surface area contributed by atoms with Crippen LogP contribution in [0.3, 0.4) is 0 Å². The first-order chi connectivity index (χ1) is 7.81. The molecule has 0 aromatic heterocycles. The molecule has 1 saturated carbocycles. The van der Waals surface area contributed by atoms with E-state index < -0.39 is 0 Å². The van der Waals surface area contributed by atoms with E-state index in [1.165, 1.54) is 43.2 Å². The molecule has 1 aliphatic carbocycles. The predicted octanol–water partition coefficient (Wildman–Crippen LogP) is 4.98. The van der Waals surface area contributed by atoms with E-state index in [1.54, 1.807) is 4.90 Å². The molecule has 88 valence electrons. The predicted molar refractivity (Wildman–Crippen MR) is 73.3 cm³/mol. The Labute approximate surface area is 104 Å². The maximum atomic E-state index is 2.29. The van der Waals surface area contributed by atoms with E-state index in [4.69, 9.17) is 0 Å². The smallest absolute Gasteiger partial charge is 0.0136 e. The summed E-state index contributed by atoms with van der Waals surface area (Å²) in [4.78, 5) is 1.57. The molecule has 1 aliphatic rings. The Morgan fingerprint density at radius 2 is 1.94 bits per heavy atom. The first-order valence-corrected chi connectivity index (χ1v) is 7.44. The molecule has 0 aliphatic heterocycles. The van der Waals surface area contributed by atoms with Gasteiger partial charge in [0.25, 0.3) is 0 Å². The second kappa shape index (κ2) is 5.77. The van der Waals surface area contributed by atoms with Crippen LogP contribution >= 0.6 is 11.8 Å². The van der Waals surface area contributed by atoms with Crippen molar-refractivity contribution in [2.24, 2.45) is 0 Å². The maximum absolute atomic E-state index is 2.29. The molecular formula is C15H22S. The van der Waals surface area contributed by atoms with Gasteiger partial charge in [-0.1, -0.05) is 44.4 Å². The molecule has 1 aromatic rings. The van der Waals surface area contributed by atoms with Gasteiger partial charge in [-0.25, -0.2) is 0 Å². The summed E-state index contributed by atoms with van der Waals surface area (Å²) in [5.41, 5.74) is 3.01. The quantitative estimate of drug-likeness (QED) is 0.710. The van der Waals surface area contributed by atoms with Crippen LogP contribution in [0.15, 0.2) is 23.1 Å². The van der Waals surface area contributed by atoms with Crippen molar-refractivity contribution in [2.45, 2.75) is 62.5 Å². The van der Waals surface area contributed by atoms with E-state index in [1.807, 2.05) is 0 Å². The molecule has 0 unspecified atom stereocenters. The zero-order chi connectivity index (χ0) is 11.4. The molecule has 2 rings (SSSR count). The highest BCUT2D eigenvalue weighted by molar-refractivity contribution is 8.00. The van der Waals surface area contributed by atoms with Crippen molar-refractivity contribution in [3.8, 4) is 0 Å². The van der Waals surface area contributed by atoms with Gasteiger partial charge in [-0.05, 0) is 37.3 Å². The van der Waals surface area contributed by atoms with Gasteiger partial charge in [0.15, 0.2) is 0 Å². The molecule has 1 fully saturated rings. The van der Waals surface area contributed by atoms with Crippen molar-refractivity contribution < 1.29 is 0 Å². The SMILES string of the molecule is CCc1cccc(C)c1SC1CCCCC1. The fourth-order valence-corrected chi connectivity index (χ4v) is 4.03. The van der Waals surface area contributed by atoms with Crippen LogP contribution in [0.25, 0.3) is 0 Å². The minimum absolute atomic E-state index is 0.875. The fraction of sp³-hybridized carbons (Fsp3) is 0.600. The molecule has 0 radical (unpaired) electrons. The lowest BCUT2D eigenvalue weighted by Gasteiger charge is -2.23. The van der Waals surface area contributed by atoms with Crippen molar-refractivity contribution in [1.29, 1.82) is 0 Å². The van der Waals surface area contributed by atoms with Gasteiger partial charge in [-0.2, -0.15) is 0 Å². The van der Waals surface area contributed by atoms with Crippen molar-refractivity contribution in [2.75, 3.05) is 0 Å². The highest BCUT2D eigenvalue weighted by Gasteiger charge is 2.16. The summed E-state index contributed by atoms with van der Waals surface area (Å²) in [5, 5.41) is 0.875. The van der Waals surface area contributed by atoms with E-state index in [0.717, 1.165) is 11.7 Å². The first-order valence-electron chi connectivity index (χ1n) is 6.56. The topological polar surface area (TPSA) is 0 Å². The van der Waals surface area contributed by atoms with Crippen LogP contribution in [0.5, 0.6) is 0 Å². The summed E-state index contributed by atoms with van der Waals surface area (Å²) in [6.07, 6.45) is 8.32. The lowest BCUT2D eigenvalue weighted by molar-refractivity contribution is 0.516. The Balaban J connectivity index is 2.12. The van der Waals surface area contributed by atoms with Crippen molar-refractivity contribution >= 4 is 11.8 Å². The van der Waals surface area contributed by atoms with Gasteiger partial charge >= 0.3 is 0 Å². The van der Waals surface area contributed by atoms with Crippen LogP contribution < -0.4 is 0 Å². The molecule has 0 bridgehead atoms. The minimum atomic E-state index is 0.875. The van der Waals surface area contributed by atoms with E-state index in [-0.39, 0.29) is 0 Å². The normalized spacial score (nSPS) is 17.6. The molecular weight excluding hydrogens is 212 g/mol. The highest BCUT2D eigenvalue weighted by atomic mass is 32.2. The van der Waals surface area contributed by atoms with E-state index in [9.17, 15) is 0 Å². The maximum Gasteiger partial charge on any atom is 0.0136 e. The highest BCUT2D eigenvalue weighted by Crippen LogP contribution is 2.37. The largest absolute Gasteiger partial charge is 0.122 e. The molecule has 0 nitrogen and oxygen atoms in total. The third-order valence-corrected chi connectivity index (χ3v) is 5.14. The molecule has 0 spiro atoms. The van der Waals surface area contributed by atoms with Gasteiger partial charge < -0.3 is 0 Å². The van der Waals surface area contributed by atoms with Crippen molar-refractivity contribution in [3.63, 3.8) is 0 Å². The lowest BCUT2D eigenvalue weighted by atomic mass is 10.0. The second-order valence-electron chi connectivity index (χ2n) is 4.79. The van der Waals surface area contributed by atoms with Crippen LogP contribution in [0.2, 0.25) is 0 Å². The van der Waals surface area contributed by atoms with Gasteiger partial charge in [0, 0.05) is 10.1 Å². The summed E-state index contributed by atoms with van der Waals surface area (Å²) in [7, 11) is 0. The zero-order valence-corrected chi connectivity index (χ0v) is 11.3. The van der Waals surface area contributed by atoms with E-state index in [2.05, 4.69) is 43.8 Å². The molecule has 0 amide bonds. The summed E-state index contributed by atoms with van der Waals surface area (Å²) >= 11 is 2.14. The average Bonchev–Trinajstić information content (AvgIpc) is 2.33. The monoisotopic (exact) mass is 234 g/mol. The van der Waals surface area contributed by atoms with Crippen LogP contribution in [-0.2, 0) is 6.42 Å². The van der Waals surface area contributed by atoms with Crippen molar-refractivity contribution in [3.05, 3.63) is 29.3 Å². The molecule has 16 heavy (non-hydrogen) atoms. The number of aryl methyl sites for hydroxylation is 2. The van der Waals surface area contributed by atoms with E-state index >= 15 is 0 Å². The Bertz CT molecular complexity index is 337. The Morgan fingerprint density at radius 3 is 2.62 bits per heavy atom. The summed E-state index contributed by atoms with van der Waals surface area (Å²) in [6, 6.07) is 6.74. The number of hydrogen-bond donors (Lipinski definition) is 0. The molecule has 1 heteroatoms. The van der Waals surface area contributed by atoms with Gasteiger partial charge in [0.1, 0.15) is 0 Å². The van der Waals surface area contributed by atoms with Crippen LogP contribution in [0.4, 0.5) is 0 Å². The fourth-order valence-electron chi connectivity index (χ4n) is 2.51. The van der Waals surface area contributed by atoms with Gasteiger partial charge in [0.2, 0.25) is 0 Å². The third-order valence-electron chi connectivity index (χ3n) is 3.51. The molecule has 0 heterocycles. The number of hydrogen-bond acceptors (Lipinski definition) is 1. The van der Waals surface area contributed by atoms with E-state index in [0.29, 0.717) is 0 Å². The summed E-state index contributed by atoms with van der Waals surface area (Å²) in [5.74, 6) is 0.